The molecule has 0 aliphatic carbocycles. The normalized spacial score (nSPS) is 10.9. The maximum absolute atomic E-state index is 13.3. The molecule has 0 aliphatic heterocycles. The highest BCUT2D eigenvalue weighted by Crippen LogP contribution is 2.16. The number of aromatic nitrogens is 2. The highest BCUT2D eigenvalue weighted by Gasteiger charge is 2.10. The lowest BCUT2D eigenvalue weighted by Crippen LogP contribution is -2.09. The lowest BCUT2D eigenvalue weighted by Gasteiger charge is -2.09. The van der Waals surface area contributed by atoms with E-state index in [1.807, 2.05) is 0 Å². The molecule has 96 valence electrons. The van der Waals surface area contributed by atoms with Crippen LogP contribution in [0.15, 0.2) is 30.6 Å². The SMILES string of the molecule is Cc1ccc(NCc2nccn2C(F)F)cc1F. The van der Waals surface area contributed by atoms with Gasteiger partial charge in [0.2, 0.25) is 0 Å². The smallest absolute Gasteiger partial charge is 0.319 e. The number of benzene rings is 1. The molecule has 0 bridgehead atoms. The molecule has 0 amide bonds. The number of anilines is 1. The van der Waals surface area contributed by atoms with Crippen LogP contribution in [0, 0.1) is 12.7 Å². The molecule has 1 aromatic carbocycles. The van der Waals surface area contributed by atoms with Crippen LogP contribution in [0.5, 0.6) is 0 Å². The maximum atomic E-state index is 13.3. The van der Waals surface area contributed by atoms with Crippen molar-refractivity contribution in [2.75, 3.05) is 5.32 Å². The molecule has 18 heavy (non-hydrogen) atoms. The van der Waals surface area contributed by atoms with E-state index in [9.17, 15) is 13.2 Å². The van der Waals surface area contributed by atoms with Gasteiger partial charge >= 0.3 is 6.55 Å². The predicted molar refractivity (Wildman–Crippen MR) is 61.9 cm³/mol. The first-order valence-electron chi connectivity index (χ1n) is 5.38. The number of hydrogen-bond acceptors (Lipinski definition) is 2. The van der Waals surface area contributed by atoms with Gasteiger partial charge < -0.3 is 5.32 Å². The lowest BCUT2D eigenvalue weighted by atomic mass is 10.2. The monoisotopic (exact) mass is 255 g/mol. The van der Waals surface area contributed by atoms with Crippen molar-refractivity contribution in [1.82, 2.24) is 9.55 Å². The van der Waals surface area contributed by atoms with E-state index >= 15 is 0 Å². The van der Waals surface area contributed by atoms with E-state index in [-0.39, 0.29) is 18.2 Å². The Labute approximate surface area is 102 Å². The summed E-state index contributed by atoms with van der Waals surface area (Å²) < 4.78 is 39.1. The molecule has 0 radical (unpaired) electrons. The maximum Gasteiger partial charge on any atom is 0.319 e. The molecule has 1 N–H and O–H groups in total. The number of nitrogens with one attached hydrogen (secondary N) is 1. The molecule has 3 nitrogen and oxygen atoms in total. The van der Waals surface area contributed by atoms with Crippen molar-refractivity contribution in [2.24, 2.45) is 0 Å². The van der Waals surface area contributed by atoms with Crippen molar-refractivity contribution in [2.45, 2.75) is 20.0 Å². The average Bonchev–Trinajstić information content (AvgIpc) is 2.79. The van der Waals surface area contributed by atoms with Crippen molar-refractivity contribution >= 4 is 5.69 Å². The van der Waals surface area contributed by atoms with Gasteiger partial charge in [-0.25, -0.2) is 9.37 Å². The first kappa shape index (κ1) is 12.5. The van der Waals surface area contributed by atoms with Crippen LogP contribution in [-0.2, 0) is 6.54 Å². The molecule has 2 aromatic rings. The van der Waals surface area contributed by atoms with Gasteiger partial charge in [0.1, 0.15) is 11.6 Å². The lowest BCUT2D eigenvalue weighted by molar-refractivity contribution is 0.0673. The zero-order valence-corrected chi connectivity index (χ0v) is 9.70. The van der Waals surface area contributed by atoms with Gasteiger partial charge in [-0.3, -0.25) is 4.57 Å². The zero-order valence-electron chi connectivity index (χ0n) is 9.70. The highest BCUT2D eigenvalue weighted by molar-refractivity contribution is 5.45. The number of alkyl halides is 2. The zero-order chi connectivity index (χ0) is 13.1. The molecule has 0 saturated carbocycles. The second kappa shape index (κ2) is 5.12. The fraction of sp³-hybridized carbons (Fsp3) is 0.250. The van der Waals surface area contributed by atoms with Crippen molar-refractivity contribution in [3.63, 3.8) is 0 Å². The number of aryl methyl sites for hydroxylation is 1. The molecule has 0 spiro atoms. The third kappa shape index (κ3) is 2.64. The summed E-state index contributed by atoms with van der Waals surface area (Å²) in [6.45, 7) is -0.860. The van der Waals surface area contributed by atoms with Crippen LogP contribution >= 0.6 is 0 Å². The van der Waals surface area contributed by atoms with Crippen molar-refractivity contribution in [3.8, 4) is 0 Å². The average molecular weight is 255 g/mol. The summed E-state index contributed by atoms with van der Waals surface area (Å²) >= 11 is 0. The first-order valence-corrected chi connectivity index (χ1v) is 5.38. The molecule has 0 saturated heterocycles. The largest absolute Gasteiger partial charge is 0.378 e. The molecule has 0 unspecified atom stereocenters. The molecule has 6 heteroatoms. The van der Waals surface area contributed by atoms with Crippen molar-refractivity contribution in [3.05, 3.63) is 47.8 Å². The third-order valence-corrected chi connectivity index (χ3v) is 2.58. The van der Waals surface area contributed by atoms with Gasteiger partial charge in [-0.05, 0) is 24.6 Å². The number of halogens is 3. The van der Waals surface area contributed by atoms with Gasteiger partial charge in [-0.2, -0.15) is 8.78 Å². The summed E-state index contributed by atoms with van der Waals surface area (Å²) in [7, 11) is 0. The van der Waals surface area contributed by atoms with Crippen molar-refractivity contribution < 1.29 is 13.2 Å². The number of rotatable bonds is 4. The van der Waals surface area contributed by atoms with Gasteiger partial charge in [0, 0.05) is 18.1 Å². The Morgan fingerprint density at radius 2 is 2.17 bits per heavy atom. The standard InChI is InChI=1S/C12H12F3N3/c1-8-2-3-9(6-10(8)13)17-7-11-16-4-5-18(11)12(14)15/h2-6,12,17H,7H2,1H3. The van der Waals surface area contributed by atoms with Crippen molar-refractivity contribution in [1.29, 1.82) is 0 Å². The van der Waals surface area contributed by atoms with Crippen LogP contribution in [0.3, 0.4) is 0 Å². The minimum Gasteiger partial charge on any atom is -0.378 e. The van der Waals surface area contributed by atoms with Crippen LogP contribution in [0.2, 0.25) is 0 Å². The van der Waals surface area contributed by atoms with Gasteiger partial charge in [-0.1, -0.05) is 6.07 Å². The quantitative estimate of drug-likeness (QED) is 0.908. The van der Waals surface area contributed by atoms with Gasteiger partial charge in [0.15, 0.2) is 0 Å². The van der Waals surface area contributed by atoms with Crippen LogP contribution in [-0.4, -0.2) is 9.55 Å². The summed E-state index contributed by atoms with van der Waals surface area (Å²) in [5.74, 6) is -0.136. The summed E-state index contributed by atoms with van der Waals surface area (Å²) in [5, 5.41) is 2.85. The topological polar surface area (TPSA) is 29.9 Å². The number of hydrogen-bond donors (Lipinski definition) is 1. The van der Waals surface area contributed by atoms with Gasteiger partial charge in [0.05, 0.1) is 6.54 Å². The number of nitrogens with zero attached hydrogens (tertiary/aromatic N) is 2. The summed E-state index contributed by atoms with van der Waals surface area (Å²) in [6.07, 6.45) is 2.51. The molecule has 0 atom stereocenters. The van der Waals surface area contributed by atoms with E-state index in [0.29, 0.717) is 11.3 Å². The van der Waals surface area contributed by atoms with E-state index < -0.39 is 6.55 Å². The minimum absolute atomic E-state index is 0.111. The summed E-state index contributed by atoms with van der Waals surface area (Å²) in [6, 6.07) is 4.64. The second-order valence-corrected chi connectivity index (χ2v) is 3.85. The molecular formula is C12H12F3N3. The fourth-order valence-corrected chi connectivity index (χ4v) is 1.54. The number of imidazole rings is 1. The Bertz CT molecular complexity index is 537. The third-order valence-electron chi connectivity index (χ3n) is 2.58. The van der Waals surface area contributed by atoms with Crippen LogP contribution in [0.1, 0.15) is 17.9 Å². The van der Waals surface area contributed by atoms with Gasteiger partial charge in [0.25, 0.3) is 0 Å². The van der Waals surface area contributed by atoms with E-state index in [1.165, 1.54) is 18.5 Å². The Kier molecular flexibility index (Phi) is 3.55. The molecular weight excluding hydrogens is 243 g/mol. The minimum atomic E-state index is -2.63. The molecule has 2 rings (SSSR count). The Balaban J connectivity index is 2.07. The van der Waals surface area contributed by atoms with E-state index in [2.05, 4.69) is 10.3 Å². The summed E-state index contributed by atoms with van der Waals surface area (Å²) in [4.78, 5) is 3.82. The molecule has 1 heterocycles. The Morgan fingerprint density at radius 3 is 2.83 bits per heavy atom. The Hall–Kier alpha value is -1.98. The van der Waals surface area contributed by atoms with E-state index in [4.69, 9.17) is 0 Å². The van der Waals surface area contributed by atoms with E-state index in [0.717, 1.165) is 4.57 Å². The van der Waals surface area contributed by atoms with Crippen LogP contribution < -0.4 is 5.32 Å². The first-order chi connectivity index (χ1) is 8.58. The Morgan fingerprint density at radius 1 is 1.39 bits per heavy atom. The fourth-order valence-electron chi connectivity index (χ4n) is 1.54. The summed E-state index contributed by atoms with van der Waals surface area (Å²) in [5.41, 5.74) is 1.07. The van der Waals surface area contributed by atoms with Gasteiger partial charge in [-0.15, -0.1) is 0 Å². The van der Waals surface area contributed by atoms with Crippen LogP contribution in [0.4, 0.5) is 18.9 Å². The molecule has 0 fully saturated rings. The van der Waals surface area contributed by atoms with Crippen LogP contribution in [0.25, 0.3) is 0 Å². The van der Waals surface area contributed by atoms with E-state index in [1.54, 1.807) is 19.1 Å². The molecule has 1 aromatic heterocycles. The second-order valence-electron chi connectivity index (χ2n) is 3.85. The highest BCUT2D eigenvalue weighted by atomic mass is 19.3. The molecule has 0 aliphatic rings. The predicted octanol–water partition coefficient (Wildman–Crippen LogP) is 3.34.